The van der Waals surface area contributed by atoms with Crippen molar-refractivity contribution in [3.8, 4) is 0 Å². The standard InChI is InChI=1S/C12H14BrN/c13-12-8-9(3-2-6-14)7-10-4-1-5-11(10)12/h2-3,7-8H,1,4-6,14H2/b3-2+. The summed E-state index contributed by atoms with van der Waals surface area (Å²) in [6.45, 7) is 0.606. The molecule has 0 spiro atoms. The summed E-state index contributed by atoms with van der Waals surface area (Å²) in [5.41, 5.74) is 9.67. The first kappa shape index (κ1) is 9.94. The van der Waals surface area contributed by atoms with Gasteiger partial charge in [-0.25, -0.2) is 0 Å². The molecule has 0 atom stereocenters. The molecular formula is C12H14BrN. The molecule has 0 amide bonds. The summed E-state index contributed by atoms with van der Waals surface area (Å²) >= 11 is 3.62. The zero-order chi connectivity index (χ0) is 9.97. The smallest absolute Gasteiger partial charge is 0.0216 e. The Morgan fingerprint density at radius 1 is 1.36 bits per heavy atom. The maximum absolute atomic E-state index is 5.43. The van der Waals surface area contributed by atoms with Crippen molar-refractivity contribution in [2.24, 2.45) is 5.73 Å². The van der Waals surface area contributed by atoms with Crippen LogP contribution in [0.15, 0.2) is 22.7 Å². The summed E-state index contributed by atoms with van der Waals surface area (Å²) < 4.78 is 1.25. The molecule has 0 saturated carbocycles. The number of hydrogen-bond acceptors (Lipinski definition) is 1. The van der Waals surface area contributed by atoms with Crippen molar-refractivity contribution < 1.29 is 0 Å². The highest BCUT2D eigenvalue weighted by molar-refractivity contribution is 9.10. The van der Waals surface area contributed by atoms with Crippen molar-refractivity contribution in [3.63, 3.8) is 0 Å². The molecule has 0 saturated heterocycles. The van der Waals surface area contributed by atoms with Crippen LogP contribution in [0.25, 0.3) is 6.08 Å². The Labute approximate surface area is 93.1 Å². The molecule has 1 nitrogen and oxygen atoms in total. The van der Waals surface area contributed by atoms with Gasteiger partial charge in [-0.2, -0.15) is 0 Å². The second-order valence-electron chi connectivity index (χ2n) is 3.63. The van der Waals surface area contributed by atoms with E-state index >= 15 is 0 Å². The maximum atomic E-state index is 5.43. The van der Waals surface area contributed by atoms with Gasteiger partial charge in [0.05, 0.1) is 0 Å². The van der Waals surface area contributed by atoms with E-state index in [1.807, 2.05) is 6.08 Å². The predicted octanol–water partition coefficient (Wildman–Crippen LogP) is 2.91. The van der Waals surface area contributed by atoms with Crippen LogP contribution in [0.4, 0.5) is 0 Å². The van der Waals surface area contributed by atoms with Gasteiger partial charge in [0.15, 0.2) is 0 Å². The van der Waals surface area contributed by atoms with Crippen LogP contribution in [0.5, 0.6) is 0 Å². The molecule has 0 aliphatic heterocycles. The summed E-state index contributed by atoms with van der Waals surface area (Å²) in [5, 5.41) is 0. The molecule has 0 fully saturated rings. The fourth-order valence-electron chi connectivity index (χ4n) is 1.98. The summed E-state index contributed by atoms with van der Waals surface area (Å²) in [4.78, 5) is 0. The lowest BCUT2D eigenvalue weighted by atomic mass is 10.1. The summed E-state index contributed by atoms with van der Waals surface area (Å²) in [6.07, 6.45) is 7.81. The minimum absolute atomic E-state index is 0.606. The summed E-state index contributed by atoms with van der Waals surface area (Å²) in [7, 11) is 0. The van der Waals surface area contributed by atoms with Crippen LogP contribution >= 0.6 is 15.9 Å². The minimum atomic E-state index is 0.606. The van der Waals surface area contributed by atoms with Gasteiger partial charge in [0.25, 0.3) is 0 Å². The minimum Gasteiger partial charge on any atom is -0.327 e. The van der Waals surface area contributed by atoms with Crippen LogP contribution in [0.3, 0.4) is 0 Å². The molecule has 0 heterocycles. The van der Waals surface area contributed by atoms with Crippen molar-refractivity contribution in [1.29, 1.82) is 0 Å². The maximum Gasteiger partial charge on any atom is 0.0216 e. The largest absolute Gasteiger partial charge is 0.327 e. The van der Waals surface area contributed by atoms with Gasteiger partial charge in [0.2, 0.25) is 0 Å². The first-order valence-corrected chi connectivity index (χ1v) is 5.78. The SMILES string of the molecule is NC/C=C/c1cc(Br)c2c(c1)CCC2. The number of fused-ring (bicyclic) bond motifs is 1. The number of rotatable bonds is 2. The molecule has 0 aromatic heterocycles. The molecular weight excluding hydrogens is 238 g/mol. The van der Waals surface area contributed by atoms with E-state index in [9.17, 15) is 0 Å². The third kappa shape index (κ3) is 1.91. The van der Waals surface area contributed by atoms with Gasteiger partial charge >= 0.3 is 0 Å². The zero-order valence-corrected chi connectivity index (χ0v) is 9.68. The van der Waals surface area contributed by atoms with Gasteiger partial charge < -0.3 is 5.73 Å². The zero-order valence-electron chi connectivity index (χ0n) is 8.09. The average Bonchev–Trinajstić information content (AvgIpc) is 2.63. The Hall–Kier alpha value is -0.600. The molecule has 1 aliphatic carbocycles. The quantitative estimate of drug-likeness (QED) is 0.860. The molecule has 0 radical (unpaired) electrons. The summed E-state index contributed by atoms with van der Waals surface area (Å²) in [6, 6.07) is 4.45. The Bertz CT molecular complexity index is 369. The fourth-order valence-corrected chi connectivity index (χ4v) is 2.69. The number of halogens is 1. The average molecular weight is 252 g/mol. The Kier molecular flexibility index (Phi) is 3.04. The highest BCUT2D eigenvalue weighted by Gasteiger charge is 2.13. The fraction of sp³-hybridized carbons (Fsp3) is 0.333. The molecule has 74 valence electrons. The van der Waals surface area contributed by atoms with Crippen molar-refractivity contribution in [1.82, 2.24) is 0 Å². The molecule has 1 aromatic rings. The number of aryl methyl sites for hydroxylation is 1. The predicted molar refractivity (Wildman–Crippen MR) is 64.3 cm³/mol. The monoisotopic (exact) mass is 251 g/mol. The van der Waals surface area contributed by atoms with Crippen molar-refractivity contribution in [3.05, 3.63) is 39.4 Å². The Balaban J connectivity index is 2.37. The van der Waals surface area contributed by atoms with Gasteiger partial charge in [0.1, 0.15) is 0 Å². The van der Waals surface area contributed by atoms with E-state index in [0.29, 0.717) is 6.54 Å². The lowest BCUT2D eigenvalue weighted by Gasteiger charge is -2.04. The molecule has 14 heavy (non-hydrogen) atoms. The van der Waals surface area contributed by atoms with Gasteiger partial charge in [-0.05, 0) is 42.0 Å². The van der Waals surface area contributed by atoms with E-state index in [0.717, 1.165) is 0 Å². The van der Waals surface area contributed by atoms with Gasteiger partial charge in [-0.1, -0.05) is 34.1 Å². The molecule has 2 N–H and O–H groups in total. The second-order valence-corrected chi connectivity index (χ2v) is 4.49. The Morgan fingerprint density at radius 2 is 2.21 bits per heavy atom. The van der Waals surface area contributed by atoms with E-state index in [1.165, 1.54) is 40.4 Å². The third-order valence-electron chi connectivity index (χ3n) is 2.63. The summed E-state index contributed by atoms with van der Waals surface area (Å²) in [5.74, 6) is 0. The van der Waals surface area contributed by atoms with E-state index in [2.05, 4.69) is 34.1 Å². The number of benzene rings is 1. The van der Waals surface area contributed by atoms with Crippen molar-refractivity contribution >= 4 is 22.0 Å². The number of nitrogens with two attached hydrogens (primary N) is 1. The molecule has 0 bridgehead atoms. The van der Waals surface area contributed by atoms with Crippen LogP contribution < -0.4 is 5.73 Å². The molecule has 2 heteroatoms. The first-order valence-electron chi connectivity index (χ1n) is 4.99. The molecule has 1 aliphatic rings. The number of hydrogen-bond donors (Lipinski definition) is 1. The normalized spacial score (nSPS) is 15.0. The van der Waals surface area contributed by atoms with Crippen molar-refractivity contribution in [2.45, 2.75) is 19.3 Å². The lowest BCUT2D eigenvalue weighted by molar-refractivity contribution is 0.910. The lowest BCUT2D eigenvalue weighted by Crippen LogP contribution is -1.92. The van der Waals surface area contributed by atoms with E-state index in [-0.39, 0.29) is 0 Å². The second kappa shape index (κ2) is 4.28. The highest BCUT2D eigenvalue weighted by atomic mass is 79.9. The van der Waals surface area contributed by atoms with Gasteiger partial charge in [-0.3, -0.25) is 0 Å². The third-order valence-corrected chi connectivity index (χ3v) is 3.34. The van der Waals surface area contributed by atoms with Crippen LogP contribution in [0.2, 0.25) is 0 Å². The van der Waals surface area contributed by atoms with Crippen LogP contribution in [-0.2, 0) is 12.8 Å². The van der Waals surface area contributed by atoms with Gasteiger partial charge in [-0.15, -0.1) is 0 Å². The molecule has 2 rings (SSSR count). The first-order chi connectivity index (χ1) is 6.81. The van der Waals surface area contributed by atoms with Crippen LogP contribution in [0, 0.1) is 0 Å². The van der Waals surface area contributed by atoms with E-state index in [4.69, 9.17) is 5.73 Å². The topological polar surface area (TPSA) is 26.0 Å². The molecule has 1 aromatic carbocycles. The van der Waals surface area contributed by atoms with E-state index < -0.39 is 0 Å². The highest BCUT2D eigenvalue weighted by Crippen LogP contribution is 2.30. The Morgan fingerprint density at radius 3 is 3.00 bits per heavy atom. The van der Waals surface area contributed by atoms with Crippen LogP contribution in [0.1, 0.15) is 23.1 Å². The molecule has 0 unspecified atom stereocenters. The van der Waals surface area contributed by atoms with Crippen molar-refractivity contribution in [2.75, 3.05) is 6.54 Å². The van der Waals surface area contributed by atoms with Crippen LogP contribution in [-0.4, -0.2) is 6.54 Å². The van der Waals surface area contributed by atoms with Gasteiger partial charge in [0, 0.05) is 11.0 Å². The van der Waals surface area contributed by atoms with E-state index in [1.54, 1.807) is 0 Å².